The summed E-state index contributed by atoms with van der Waals surface area (Å²) < 4.78 is 2.12. The van der Waals surface area contributed by atoms with Crippen LogP contribution in [-0.4, -0.2) is 21.7 Å². The Hall–Kier alpha value is -3.47. The topological polar surface area (TPSA) is 59.3 Å². The lowest BCUT2D eigenvalue weighted by molar-refractivity contribution is -0.121. The Labute approximate surface area is 163 Å². The Morgan fingerprint density at radius 2 is 1.96 bits per heavy atom. The van der Waals surface area contributed by atoms with E-state index >= 15 is 0 Å². The summed E-state index contributed by atoms with van der Waals surface area (Å²) in [5.74, 6) is -0.106. The first-order chi connectivity index (χ1) is 13.6. The van der Waals surface area contributed by atoms with Crippen molar-refractivity contribution in [3.8, 4) is 0 Å². The number of nitrogens with one attached hydrogen (secondary N) is 1. The molecule has 5 nitrogen and oxygen atoms in total. The lowest BCUT2D eigenvalue weighted by Crippen LogP contribution is -2.19. The zero-order valence-corrected chi connectivity index (χ0v) is 16.0. The summed E-state index contributed by atoms with van der Waals surface area (Å²) in [5, 5.41) is 6.42. The molecule has 1 amide bonds. The molecule has 0 bridgehead atoms. The van der Waals surface area contributed by atoms with E-state index < -0.39 is 0 Å². The van der Waals surface area contributed by atoms with Gasteiger partial charge in [-0.25, -0.2) is 5.43 Å². The second kappa shape index (κ2) is 7.64. The van der Waals surface area contributed by atoms with Gasteiger partial charge in [-0.15, -0.1) is 0 Å². The maximum atomic E-state index is 12.2. The molecule has 0 spiro atoms. The molecule has 4 aromatic rings. The van der Waals surface area contributed by atoms with E-state index in [1.807, 2.05) is 36.4 Å². The number of benzene rings is 2. The molecule has 0 unspecified atom stereocenters. The van der Waals surface area contributed by atoms with Gasteiger partial charge in [0.2, 0.25) is 5.91 Å². The number of amides is 1. The maximum Gasteiger partial charge on any atom is 0.241 e. The minimum Gasteiger partial charge on any atom is -0.347 e. The molecule has 4 rings (SSSR count). The molecular formula is C23H22N4O. The Balaban J connectivity index is 1.38. The number of hydrogen-bond donors (Lipinski definition) is 1. The molecule has 0 atom stereocenters. The average Bonchev–Trinajstić information content (AvgIpc) is 3.03. The van der Waals surface area contributed by atoms with Gasteiger partial charge in [0.1, 0.15) is 0 Å². The van der Waals surface area contributed by atoms with Crippen LogP contribution >= 0.6 is 0 Å². The molecule has 2 heterocycles. The van der Waals surface area contributed by atoms with Crippen molar-refractivity contribution in [1.82, 2.24) is 15.0 Å². The van der Waals surface area contributed by atoms with E-state index in [0.717, 1.165) is 22.0 Å². The number of carbonyl (C=O) groups excluding carboxylic acids is 1. The van der Waals surface area contributed by atoms with Crippen molar-refractivity contribution >= 4 is 33.9 Å². The van der Waals surface area contributed by atoms with E-state index in [4.69, 9.17) is 0 Å². The van der Waals surface area contributed by atoms with Gasteiger partial charge in [0, 0.05) is 41.6 Å². The SMILES string of the molecule is Cc1ccnc2ccc(/C=N/NC(=O)CCn3cc(C)c4ccccc43)cc12. The fraction of sp³-hybridized carbons (Fsp3) is 0.174. The summed E-state index contributed by atoms with van der Waals surface area (Å²) in [5.41, 5.74) is 8.03. The van der Waals surface area contributed by atoms with Crippen LogP contribution in [0.25, 0.3) is 21.8 Å². The summed E-state index contributed by atoms with van der Waals surface area (Å²) >= 11 is 0. The van der Waals surface area contributed by atoms with E-state index in [1.165, 1.54) is 16.5 Å². The first-order valence-corrected chi connectivity index (χ1v) is 9.33. The Kier molecular flexibility index (Phi) is 4.89. The molecule has 2 aromatic heterocycles. The van der Waals surface area contributed by atoms with Crippen LogP contribution in [-0.2, 0) is 11.3 Å². The number of nitrogens with zero attached hydrogens (tertiary/aromatic N) is 3. The highest BCUT2D eigenvalue weighted by Crippen LogP contribution is 2.20. The van der Waals surface area contributed by atoms with E-state index in [0.29, 0.717) is 13.0 Å². The van der Waals surface area contributed by atoms with E-state index in [1.54, 1.807) is 12.4 Å². The van der Waals surface area contributed by atoms with Crippen LogP contribution in [0.4, 0.5) is 0 Å². The summed E-state index contributed by atoms with van der Waals surface area (Å²) in [6.45, 7) is 4.76. The number of rotatable bonds is 5. The first kappa shape index (κ1) is 17.9. The molecule has 0 radical (unpaired) electrons. The van der Waals surface area contributed by atoms with Crippen molar-refractivity contribution in [2.24, 2.45) is 5.10 Å². The van der Waals surface area contributed by atoms with E-state index in [9.17, 15) is 4.79 Å². The van der Waals surface area contributed by atoms with Gasteiger partial charge >= 0.3 is 0 Å². The summed E-state index contributed by atoms with van der Waals surface area (Å²) in [7, 11) is 0. The van der Waals surface area contributed by atoms with Crippen molar-refractivity contribution < 1.29 is 4.79 Å². The molecule has 0 aliphatic carbocycles. The number of hydrazone groups is 1. The number of carbonyl (C=O) groups is 1. The smallest absolute Gasteiger partial charge is 0.241 e. The second-order valence-electron chi connectivity index (χ2n) is 6.97. The zero-order chi connectivity index (χ0) is 19.5. The molecule has 5 heteroatoms. The summed E-state index contributed by atoms with van der Waals surface area (Å²) in [6, 6.07) is 16.2. The first-order valence-electron chi connectivity index (χ1n) is 9.33. The van der Waals surface area contributed by atoms with Crippen molar-refractivity contribution in [3.05, 3.63) is 77.6 Å². The highest BCUT2D eigenvalue weighted by atomic mass is 16.2. The average molecular weight is 370 g/mol. The van der Waals surface area contributed by atoms with E-state index in [2.05, 4.69) is 52.3 Å². The monoisotopic (exact) mass is 370 g/mol. The van der Waals surface area contributed by atoms with Crippen LogP contribution in [0.5, 0.6) is 0 Å². The number of aryl methyl sites for hydroxylation is 3. The van der Waals surface area contributed by atoms with Gasteiger partial charge in [-0.2, -0.15) is 5.10 Å². The maximum absolute atomic E-state index is 12.2. The quantitative estimate of drug-likeness (QED) is 0.419. The molecule has 0 saturated carbocycles. The Morgan fingerprint density at radius 3 is 2.86 bits per heavy atom. The number of para-hydroxylation sites is 1. The standard InChI is InChI=1S/C23H22N4O/c1-16-9-11-24-21-8-7-18(13-20(16)21)14-25-26-23(28)10-12-27-15-17(2)19-5-3-4-6-22(19)27/h3-9,11,13-15H,10,12H2,1-2H3,(H,26,28)/b25-14+. The van der Waals surface area contributed by atoms with Crippen LogP contribution in [0, 0.1) is 13.8 Å². The number of hydrogen-bond acceptors (Lipinski definition) is 3. The fourth-order valence-corrected chi connectivity index (χ4v) is 3.45. The lowest BCUT2D eigenvalue weighted by Gasteiger charge is -2.05. The zero-order valence-electron chi connectivity index (χ0n) is 16.0. The molecule has 140 valence electrons. The molecule has 0 aliphatic rings. The number of fused-ring (bicyclic) bond motifs is 2. The third-order valence-corrected chi connectivity index (χ3v) is 4.95. The minimum absolute atomic E-state index is 0.106. The van der Waals surface area contributed by atoms with Crippen molar-refractivity contribution in [1.29, 1.82) is 0 Å². The Morgan fingerprint density at radius 1 is 1.11 bits per heavy atom. The van der Waals surface area contributed by atoms with Crippen molar-refractivity contribution in [3.63, 3.8) is 0 Å². The largest absolute Gasteiger partial charge is 0.347 e. The van der Waals surface area contributed by atoms with Crippen molar-refractivity contribution in [2.45, 2.75) is 26.8 Å². The van der Waals surface area contributed by atoms with Crippen molar-refractivity contribution in [2.75, 3.05) is 0 Å². The van der Waals surface area contributed by atoms with Crippen LogP contribution in [0.2, 0.25) is 0 Å². The molecule has 28 heavy (non-hydrogen) atoms. The van der Waals surface area contributed by atoms with Crippen LogP contribution in [0.3, 0.4) is 0 Å². The van der Waals surface area contributed by atoms with Crippen LogP contribution < -0.4 is 5.43 Å². The molecule has 2 aromatic carbocycles. The van der Waals surface area contributed by atoms with Gasteiger partial charge in [0.15, 0.2) is 0 Å². The van der Waals surface area contributed by atoms with Gasteiger partial charge in [-0.3, -0.25) is 9.78 Å². The lowest BCUT2D eigenvalue weighted by atomic mass is 10.1. The second-order valence-corrected chi connectivity index (χ2v) is 6.97. The molecule has 0 aliphatic heterocycles. The number of pyridine rings is 1. The summed E-state index contributed by atoms with van der Waals surface area (Å²) in [4.78, 5) is 16.5. The van der Waals surface area contributed by atoms with Gasteiger partial charge < -0.3 is 4.57 Å². The highest BCUT2D eigenvalue weighted by molar-refractivity contribution is 5.90. The predicted octanol–water partition coefficient (Wildman–Crippen LogP) is 4.35. The summed E-state index contributed by atoms with van der Waals surface area (Å²) in [6.07, 6.45) is 5.93. The third kappa shape index (κ3) is 3.64. The van der Waals surface area contributed by atoms with Crippen LogP contribution in [0.1, 0.15) is 23.1 Å². The predicted molar refractivity (Wildman–Crippen MR) is 114 cm³/mol. The van der Waals surface area contributed by atoms with Gasteiger partial charge in [0.25, 0.3) is 0 Å². The number of aromatic nitrogens is 2. The molecule has 0 saturated heterocycles. The van der Waals surface area contributed by atoms with Gasteiger partial charge in [-0.1, -0.05) is 24.3 Å². The van der Waals surface area contributed by atoms with Crippen LogP contribution in [0.15, 0.2) is 66.0 Å². The molecule has 1 N–H and O–H groups in total. The van der Waals surface area contributed by atoms with Gasteiger partial charge in [0.05, 0.1) is 11.7 Å². The Bertz CT molecular complexity index is 1190. The molecule has 0 fully saturated rings. The third-order valence-electron chi connectivity index (χ3n) is 4.95. The normalized spacial score (nSPS) is 11.5. The minimum atomic E-state index is -0.106. The van der Waals surface area contributed by atoms with E-state index in [-0.39, 0.29) is 5.91 Å². The fourth-order valence-electron chi connectivity index (χ4n) is 3.45. The highest BCUT2D eigenvalue weighted by Gasteiger charge is 2.06. The van der Waals surface area contributed by atoms with Gasteiger partial charge in [-0.05, 0) is 54.8 Å². The molecular weight excluding hydrogens is 348 g/mol.